The van der Waals surface area contributed by atoms with Gasteiger partial charge in [0.1, 0.15) is 11.9 Å². The number of ether oxygens (including phenoxy) is 1. The first-order chi connectivity index (χ1) is 10.8. The maximum Gasteiger partial charge on any atom is 0.283 e. The van der Waals surface area contributed by atoms with E-state index in [0.717, 1.165) is 16.0 Å². The fourth-order valence-corrected chi connectivity index (χ4v) is 3.32. The molecule has 6 heteroatoms. The van der Waals surface area contributed by atoms with E-state index in [1.807, 2.05) is 36.4 Å². The largest absolute Gasteiger partial charge is 0.485 e. The van der Waals surface area contributed by atoms with Crippen molar-refractivity contribution in [3.8, 4) is 5.75 Å². The van der Waals surface area contributed by atoms with Gasteiger partial charge in [-0.15, -0.1) is 11.3 Å². The monoisotopic (exact) mass is 311 g/mol. The number of hydrogen-bond donors (Lipinski definition) is 0. The number of carbonyl (C=O) groups excluding carboxylic acids is 1. The molecule has 0 unspecified atom stereocenters. The summed E-state index contributed by atoms with van der Waals surface area (Å²) in [5, 5.41) is 0.543. The van der Waals surface area contributed by atoms with Gasteiger partial charge in [-0.05, 0) is 24.3 Å². The molecule has 3 aromatic rings. The molecule has 1 fully saturated rings. The van der Waals surface area contributed by atoms with Crippen molar-refractivity contribution >= 4 is 27.5 Å². The molecule has 5 nitrogen and oxygen atoms in total. The second kappa shape index (κ2) is 5.38. The molecule has 1 aliphatic rings. The van der Waals surface area contributed by atoms with Gasteiger partial charge < -0.3 is 9.64 Å². The van der Waals surface area contributed by atoms with Crippen LogP contribution >= 0.6 is 11.3 Å². The molecule has 22 heavy (non-hydrogen) atoms. The molecule has 1 aromatic carbocycles. The summed E-state index contributed by atoms with van der Waals surface area (Å²) in [4.78, 5) is 22.6. The minimum Gasteiger partial charge on any atom is -0.485 e. The summed E-state index contributed by atoms with van der Waals surface area (Å²) in [5.74, 6) is 0.715. The number of para-hydroxylation sites is 1. The molecule has 0 N–H and O–H groups in total. The normalized spacial score (nSPS) is 14.8. The van der Waals surface area contributed by atoms with Gasteiger partial charge in [-0.25, -0.2) is 4.98 Å². The van der Waals surface area contributed by atoms with E-state index in [2.05, 4.69) is 9.97 Å². The smallest absolute Gasteiger partial charge is 0.283 e. The van der Waals surface area contributed by atoms with Crippen molar-refractivity contribution < 1.29 is 9.53 Å². The van der Waals surface area contributed by atoms with Crippen LogP contribution in [0.3, 0.4) is 0 Å². The van der Waals surface area contributed by atoms with E-state index in [9.17, 15) is 4.79 Å². The van der Waals surface area contributed by atoms with Crippen LogP contribution in [0.1, 0.15) is 9.80 Å². The van der Waals surface area contributed by atoms with Crippen molar-refractivity contribution in [3.05, 3.63) is 53.8 Å². The number of amides is 1. The van der Waals surface area contributed by atoms with E-state index in [1.165, 1.54) is 11.3 Å². The average Bonchev–Trinajstić information content (AvgIpc) is 2.95. The Labute approximate surface area is 131 Å². The average molecular weight is 311 g/mol. The Balaban J connectivity index is 1.41. The minimum absolute atomic E-state index is 0.0211. The lowest BCUT2D eigenvalue weighted by atomic mass is 10.1. The summed E-state index contributed by atoms with van der Waals surface area (Å²) in [7, 11) is 0. The zero-order valence-electron chi connectivity index (χ0n) is 11.7. The molecule has 1 aliphatic heterocycles. The lowest BCUT2D eigenvalue weighted by Gasteiger charge is -2.38. The molecule has 1 saturated heterocycles. The Bertz CT molecular complexity index is 779. The lowest BCUT2D eigenvalue weighted by molar-refractivity contribution is 0.0176. The number of rotatable bonds is 3. The number of likely N-dealkylation sites (tertiary alicyclic amines) is 1. The quantitative estimate of drug-likeness (QED) is 0.746. The third kappa shape index (κ3) is 2.42. The SMILES string of the molecule is O=C(c1nc2ccccc2s1)N1CC(Oc2cccnc2)C1. The van der Waals surface area contributed by atoms with Gasteiger partial charge in [0.15, 0.2) is 5.01 Å². The van der Waals surface area contributed by atoms with E-state index in [0.29, 0.717) is 18.1 Å². The van der Waals surface area contributed by atoms with Crippen LogP contribution in [0.5, 0.6) is 5.75 Å². The van der Waals surface area contributed by atoms with E-state index < -0.39 is 0 Å². The van der Waals surface area contributed by atoms with Gasteiger partial charge in [-0.3, -0.25) is 9.78 Å². The second-order valence-electron chi connectivity index (χ2n) is 5.13. The molecule has 1 amide bonds. The first-order valence-electron chi connectivity index (χ1n) is 7.01. The zero-order valence-corrected chi connectivity index (χ0v) is 12.5. The van der Waals surface area contributed by atoms with Crippen LogP contribution in [0.25, 0.3) is 10.2 Å². The molecule has 0 saturated carbocycles. The van der Waals surface area contributed by atoms with Crippen LogP contribution in [0.4, 0.5) is 0 Å². The highest BCUT2D eigenvalue weighted by molar-refractivity contribution is 7.20. The van der Waals surface area contributed by atoms with Crippen molar-refractivity contribution in [1.29, 1.82) is 0 Å². The van der Waals surface area contributed by atoms with Crippen molar-refractivity contribution in [3.63, 3.8) is 0 Å². The molecule has 3 heterocycles. The topological polar surface area (TPSA) is 55.3 Å². The molecular formula is C16H13N3O2S. The van der Waals surface area contributed by atoms with Crippen molar-refractivity contribution in [1.82, 2.24) is 14.9 Å². The fourth-order valence-electron chi connectivity index (χ4n) is 2.39. The van der Waals surface area contributed by atoms with Crippen LogP contribution in [-0.4, -0.2) is 40.0 Å². The summed E-state index contributed by atoms with van der Waals surface area (Å²) in [6.07, 6.45) is 3.41. The van der Waals surface area contributed by atoms with E-state index in [4.69, 9.17) is 4.74 Å². The highest BCUT2D eigenvalue weighted by Gasteiger charge is 2.34. The number of benzene rings is 1. The standard InChI is InChI=1S/C16H13N3O2S/c20-16(15-18-13-5-1-2-6-14(13)22-15)19-9-12(10-19)21-11-4-3-7-17-8-11/h1-8,12H,9-10H2. The molecule has 0 bridgehead atoms. The predicted octanol–water partition coefficient (Wildman–Crippen LogP) is 2.59. The van der Waals surface area contributed by atoms with E-state index >= 15 is 0 Å². The third-order valence-electron chi connectivity index (χ3n) is 3.55. The lowest BCUT2D eigenvalue weighted by Crippen LogP contribution is -2.56. The minimum atomic E-state index is -0.0211. The molecular weight excluding hydrogens is 298 g/mol. The summed E-state index contributed by atoms with van der Waals surface area (Å²) in [6.45, 7) is 1.17. The van der Waals surface area contributed by atoms with E-state index in [-0.39, 0.29) is 12.0 Å². The van der Waals surface area contributed by atoms with Gasteiger partial charge in [0.25, 0.3) is 5.91 Å². The fraction of sp³-hybridized carbons (Fsp3) is 0.188. The number of thiazole rings is 1. The maximum atomic E-state index is 12.4. The van der Waals surface area contributed by atoms with Gasteiger partial charge in [0.05, 0.1) is 29.5 Å². The molecule has 0 radical (unpaired) electrons. The summed E-state index contributed by atoms with van der Waals surface area (Å²) < 4.78 is 6.79. The third-order valence-corrected chi connectivity index (χ3v) is 4.57. The molecule has 110 valence electrons. The number of carbonyl (C=O) groups is 1. The Kier molecular flexibility index (Phi) is 3.23. The van der Waals surface area contributed by atoms with Crippen LogP contribution in [0.2, 0.25) is 0 Å². The number of nitrogens with zero attached hydrogens (tertiary/aromatic N) is 3. The number of aromatic nitrogens is 2. The van der Waals surface area contributed by atoms with Gasteiger partial charge in [0, 0.05) is 6.20 Å². The van der Waals surface area contributed by atoms with Crippen molar-refractivity contribution in [2.75, 3.05) is 13.1 Å². The second-order valence-corrected chi connectivity index (χ2v) is 6.16. The summed E-state index contributed by atoms with van der Waals surface area (Å²) in [6, 6.07) is 11.5. The first kappa shape index (κ1) is 13.2. The summed E-state index contributed by atoms with van der Waals surface area (Å²) >= 11 is 1.44. The highest BCUT2D eigenvalue weighted by atomic mass is 32.1. The molecule has 0 spiro atoms. The van der Waals surface area contributed by atoms with Crippen molar-refractivity contribution in [2.45, 2.75) is 6.10 Å². The predicted molar refractivity (Wildman–Crippen MR) is 84.2 cm³/mol. The van der Waals surface area contributed by atoms with Crippen molar-refractivity contribution in [2.24, 2.45) is 0 Å². The summed E-state index contributed by atoms with van der Waals surface area (Å²) in [5.41, 5.74) is 0.875. The van der Waals surface area contributed by atoms with Gasteiger partial charge >= 0.3 is 0 Å². The van der Waals surface area contributed by atoms with Gasteiger partial charge in [0.2, 0.25) is 0 Å². The number of hydrogen-bond acceptors (Lipinski definition) is 5. The number of fused-ring (bicyclic) bond motifs is 1. The van der Waals surface area contributed by atoms with Crippen LogP contribution in [-0.2, 0) is 0 Å². The van der Waals surface area contributed by atoms with Gasteiger partial charge in [-0.1, -0.05) is 12.1 Å². The Morgan fingerprint density at radius 3 is 2.86 bits per heavy atom. The van der Waals surface area contributed by atoms with Crippen LogP contribution < -0.4 is 4.74 Å². The van der Waals surface area contributed by atoms with Crippen LogP contribution in [0, 0.1) is 0 Å². The van der Waals surface area contributed by atoms with E-state index in [1.54, 1.807) is 17.3 Å². The number of pyridine rings is 1. The Morgan fingerprint density at radius 2 is 2.09 bits per heavy atom. The Hall–Kier alpha value is -2.47. The molecule has 2 aromatic heterocycles. The first-order valence-corrected chi connectivity index (χ1v) is 7.83. The van der Waals surface area contributed by atoms with Gasteiger partial charge in [-0.2, -0.15) is 0 Å². The molecule has 0 atom stereocenters. The maximum absolute atomic E-state index is 12.4. The molecule has 0 aliphatic carbocycles. The van der Waals surface area contributed by atoms with Crippen LogP contribution in [0.15, 0.2) is 48.8 Å². The molecule has 4 rings (SSSR count). The zero-order chi connectivity index (χ0) is 14.9. The highest BCUT2D eigenvalue weighted by Crippen LogP contribution is 2.25. The Morgan fingerprint density at radius 1 is 1.23 bits per heavy atom.